The van der Waals surface area contributed by atoms with E-state index in [2.05, 4.69) is 68.2 Å². The molecule has 1 aliphatic heterocycles. The average molecular weight is 607 g/mol. The summed E-state index contributed by atoms with van der Waals surface area (Å²) in [5.41, 5.74) is 6.21. The minimum absolute atomic E-state index is 0.229. The molecule has 4 nitrogen and oxygen atoms in total. The minimum atomic E-state index is -0.238. The number of hydrogen-bond donors (Lipinski definition) is 0. The average Bonchev–Trinajstić information content (AvgIpc) is 3.15. The van der Waals surface area contributed by atoms with Gasteiger partial charge < -0.3 is 4.57 Å². The van der Waals surface area contributed by atoms with Crippen molar-refractivity contribution < 1.29 is 9.59 Å². The van der Waals surface area contributed by atoms with Crippen LogP contribution in [-0.4, -0.2) is 20.6 Å². The summed E-state index contributed by atoms with van der Waals surface area (Å²) in [6.07, 6.45) is 1.84. The number of halogens is 2. The van der Waals surface area contributed by atoms with Crippen molar-refractivity contribution in [3.63, 3.8) is 0 Å². The topological polar surface area (TPSA) is 42.3 Å². The molecule has 0 spiro atoms. The first-order chi connectivity index (χ1) is 14.7. The largest absolute Gasteiger partial charge is 0.318 e. The summed E-state index contributed by atoms with van der Waals surface area (Å²) in [4.78, 5) is 27.2. The van der Waals surface area contributed by atoms with E-state index in [9.17, 15) is 9.59 Å². The maximum absolute atomic E-state index is 12.9. The third kappa shape index (κ3) is 4.54. The fourth-order valence-electron chi connectivity index (χ4n) is 3.65. The first kappa shape index (κ1) is 22.4. The highest BCUT2D eigenvalue weighted by molar-refractivity contribution is 14.1. The maximum atomic E-state index is 12.9. The number of carbonyl (C=O) groups is 2. The summed E-state index contributed by atoms with van der Waals surface area (Å²) in [7, 11) is 0. The van der Waals surface area contributed by atoms with Crippen LogP contribution in [0.3, 0.4) is 0 Å². The standard InChI is InChI=1S/C24H20BrIN2O2S/c1-14-10-20(8-9-21(14)25)28-15(2)11-18(16(28)3)12-22-23(29)27(24(30)31-22)13-17-4-6-19(26)7-5-17/h4-12H,13H2,1-3H3/b22-12-. The minimum Gasteiger partial charge on any atom is -0.318 e. The molecule has 1 saturated heterocycles. The molecule has 1 aliphatic rings. The zero-order valence-electron chi connectivity index (χ0n) is 17.3. The first-order valence-electron chi connectivity index (χ1n) is 9.70. The van der Waals surface area contributed by atoms with Crippen molar-refractivity contribution in [3.05, 3.63) is 89.6 Å². The van der Waals surface area contributed by atoms with Gasteiger partial charge in [0.05, 0.1) is 11.4 Å². The number of thioether (sulfide) groups is 1. The van der Waals surface area contributed by atoms with Gasteiger partial charge in [-0.15, -0.1) is 0 Å². The maximum Gasteiger partial charge on any atom is 0.293 e. The third-order valence-electron chi connectivity index (χ3n) is 5.28. The highest BCUT2D eigenvalue weighted by atomic mass is 127. The predicted octanol–water partition coefficient (Wildman–Crippen LogP) is 7.01. The van der Waals surface area contributed by atoms with Crippen LogP contribution < -0.4 is 0 Å². The zero-order valence-corrected chi connectivity index (χ0v) is 21.8. The molecule has 0 bridgehead atoms. The molecule has 3 aromatic rings. The summed E-state index contributed by atoms with van der Waals surface area (Å²) in [6, 6.07) is 16.1. The normalized spacial score (nSPS) is 15.4. The van der Waals surface area contributed by atoms with Gasteiger partial charge in [-0.05, 0) is 114 Å². The molecule has 31 heavy (non-hydrogen) atoms. The Balaban J connectivity index is 1.63. The van der Waals surface area contributed by atoms with Gasteiger partial charge in [-0.2, -0.15) is 0 Å². The van der Waals surface area contributed by atoms with E-state index in [0.29, 0.717) is 4.91 Å². The van der Waals surface area contributed by atoms with Crippen LogP contribution in [0.25, 0.3) is 11.8 Å². The molecule has 2 amide bonds. The zero-order chi connectivity index (χ0) is 22.3. The van der Waals surface area contributed by atoms with Gasteiger partial charge >= 0.3 is 0 Å². The Morgan fingerprint density at radius 1 is 1.03 bits per heavy atom. The van der Waals surface area contributed by atoms with Crippen LogP contribution in [0.2, 0.25) is 0 Å². The molecule has 7 heteroatoms. The Morgan fingerprint density at radius 2 is 1.74 bits per heavy atom. The Hall–Kier alpha value is -1.84. The second-order valence-electron chi connectivity index (χ2n) is 7.49. The Bertz CT molecular complexity index is 1230. The molecule has 4 rings (SSSR count). The molecule has 0 atom stereocenters. The highest BCUT2D eigenvalue weighted by Gasteiger charge is 2.35. The van der Waals surface area contributed by atoms with Gasteiger partial charge in [0.1, 0.15) is 0 Å². The number of aryl methyl sites for hydroxylation is 2. The van der Waals surface area contributed by atoms with E-state index in [4.69, 9.17) is 0 Å². The molecule has 0 saturated carbocycles. The lowest BCUT2D eigenvalue weighted by Gasteiger charge is -2.12. The molecular weight excluding hydrogens is 587 g/mol. The molecule has 0 radical (unpaired) electrons. The van der Waals surface area contributed by atoms with Crippen molar-refractivity contribution in [1.82, 2.24) is 9.47 Å². The van der Waals surface area contributed by atoms with Gasteiger partial charge in [0.15, 0.2) is 0 Å². The van der Waals surface area contributed by atoms with Gasteiger partial charge in [0.2, 0.25) is 0 Å². The van der Waals surface area contributed by atoms with E-state index in [-0.39, 0.29) is 17.7 Å². The van der Waals surface area contributed by atoms with Gasteiger partial charge in [0.25, 0.3) is 11.1 Å². The van der Waals surface area contributed by atoms with Crippen LogP contribution in [0.1, 0.15) is 28.1 Å². The summed E-state index contributed by atoms with van der Waals surface area (Å²) in [6.45, 7) is 6.43. The van der Waals surface area contributed by atoms with Gasteiger partial charge in [0, 0.05) is 25.1 Å². The predicted molar refractivity (Wildman–Crippen MR) is 138 cm³/mol. The highest BCUT2D eigenvalue weighted by Crippen LogP contribution is 2.35. The van der Waals surface area contributed by atoms with Crippen LogP contribution in [0, 0.1) is 24.3 Å². The van der Waals surface area contributed by atoms with Crippen molar-refractivity contribution >= 4 is 67.5 Å². The van der Waals surface area contributed by atoms with Gasteiger partial charge in [-0.25, -0.2) is 0 Å². The SMILES string of the molecule is Cc1cc(-n2c(C)cc(/C=C3\SC(=O)N(Cc4ccc(I)cc4)C3=O)c2C)ccc1Br. The number of aromatic nitrogens is 1. The second kappa shape index (κ2) is 8.96. The number of benzene rings is 2. The van der Waals surface area contributed by atoms with E-state index in [0.717, 1.165) is 53.6 Å². The summed E-state index contributed by atoms with van der Waals surface area (Å²) < 4.78 is 4.36. The Kier molecular flexibility index (Phi) is 6.46. The lowest BCUT2D eigenvalue weighted by Crippen LogP contribution is -2.27. The number of nitrogens with zero attached hydrogens (tertiary/aromatic N) is 2. The van der Waals surface area contributed by atoms with E-state index in [1.807, 2.05) is 50.3 Å². The van der Waals surface area contributed by atoms with Crippen molar-refractivity contribution in [2.24, 2.45) is 0 Å². The fraction of sp³-hybridized carbons (Fsp3) is 0.167. The van der Waals surface area contributed by atoms with Gasteiger partial charge in [-0.3, -0.25) is 14.5 Å². The van der Waals surface area contributed by atoms with Crippen molar-refractivity contribution in [3.8, 4) is 5.69 Å². The summed E-state index contributed by atoms with van der Waals surface area (Å²) >= 11 is 6.79. The van der Waals surface area contributed by atoms with Crippen LogP contribution in [0.5, 0.6) is 0 Å². The monoisotopic (exact) mass is 606 g/mol. The summed E-state index contributed by atoms with van der Waals surface area (Å²) in [5, 5.41) is -0.229. The molecule has 0 unspecified atom stereocenters. The fourth-order valence-corrected chi connectivity index (χ4v) is 5.08. The van der Waals surface area contributed by atoms with Crippen LogP contribution in [0.15, 0.2) is 57.9 Å². The van der Waals surface area contributed by atoms with E-state index >= 15 is 0 Å². The van der Waals surface area contributed by atoms with E-state index in [1.165, 1.54) is 4.90 Å². The number of carbonyl (C=O) groups excluding carboxylic acids is 2. The molecule has 1 aromatic heterocycles. The lowest BCUT2D eigenvalue weighted by atomic mass is 10.2. The number of rotatable bonds is 4. The molecule has 0 N–H and O–H groups in total. The second-order valence-corrected chi connectivity index (χ2v) is 10.6. The first-order valence-corrected chi connectivity index (χ1v) is 12.4. The van der Waals surface area contributed by atoms with Crippen LogP contribution >= 0.6 is 50.3 Å². The van der Waals surface area contributed by atoms with Crippen LogP contribution in [0.4, 0.5) is 4.79 Å². The van der Waals surface area contributed by atoms with E-state index in [1.54, 1.807) is 0 Å². The molecular formula is C24H20BrIN2O2S. The molecule has 2 heterocycles. The quantitative estimate of drug-likeness (QED) is 0.237. The smallest absolute Gasteiger partial charge is 0.293 e. The third-order valence-corrected chi connectivity index (χ3v) is 7.80. The Morgan fingerprint density at radius 3 is 2.42 bits per heavy atom. The number of imide groups is 1. The summed E-state index contributed by atoms with van der Waals surface area (Å²) in [5.74, 6) is -0.238. The molecule has 0 aliphatic carbocycles. The van der Waals surface area contributed by atoms with Crippen molar-refractivity contribution in [2.45, 2.75) is 27.3 Å². The van der Waals surface area contributed by atoms with Crippen molar-refractivity contribution in [1.29, 1.82) is 0 Å². The van der Waals surface area contributed by atoms with E-state index < -0.39 is 0 Å². The van der Waals surface area contributed by atoms with Crippen LogP contribution in [-0.2, 0) is 11.3 Å². The number of amides is 2. The lowest BCUT2D eigenvalue weighted by molar-refractivity contribution is -0.123. The Labute approximate surface area is 208 Å². The van der Waals surface area contributed by atoms with Gasteiger partial charge in [-0.1, -0.05) is 28.1 Å². The molecule has 1 fully saturated rings. The molecule has 158 valence electrons. The van der Waals surface area contributed by atoms with Crippen molar-refractivity contribution in [2.75, 3.05) is 0 Å². The number of hydrogen-bond acceptors (Lipinski definition) is 3. The molecule has 2 aromatic carbocycles.